The van der Waals surface area contributed by atoms with Crippen molar-refractivity contribution in [1.82, 2.24) is 4.90 Å². The average molecular weight is 294 g/mol. The maximum Gasteiger partial charge on any atom is 0.159 e. The lowest BCUT2D eigenvalue weighted by Crippen LogP contribution is -2.58. The van der Waals surface area contributed by atoms with Gasteiger partial charge in [0.25, 0.3) is 0 Å². The average Bonchev–Trinajstić information content (AvgIpc) is 3.13. The molecule has 2 nitrogen and oxygen atoms in total. The number of nitrogens with zero attached hydrogens (tertiary/aromatic N) is 1. The van der Waals surface area contributed by atoms with Gasteiger partial charge in [-0.3, -0.25) is 4.90 Å². The van der Waals surface area contributed by atoms with Gasteiger partial charge in [0.2, 0.25) is 0 Å². The minimum atomic E-state index is -0.789. The van der Waals surface area contributed by atoms with Gasteiger partial charge in [0.1, 0.15) is 0 Å². The van der Waals surface area contributed by atoms with Crippen LogP contribution in [0, 0.1) is 11.6 Å². The summed E-state index contributed by atoms with van der Waals surface area (Å²) in [5.41, 5.74) is 7.42. The van der Waals surface area contributed by atoms with Crippen LogP contribution >= 0.6 is 0 Å². The van der Waals surface area contributed by atoms with Crippen LogP contribution in [-0.4, -0.2) is 29.6 Å². The first-order chi connectivity index (χ1) is 10.1. The van der Waals surface area contributed by atoms with Gasteiger partial charge in [0.05, 0.1) is 0 Å². The monoisotopic (exact) mass is 294 g/mol. The Kier molecular flexibility index (Phi) is 4.27. The fourth-order valence-electron chi connectivity index (χ4n) is 4.18. The molecule has 0 spiro atoms. The third-order valence-corrected chi connectivity index (χ3v) is 5.34. The number of halogens is 2. The first kappa shape index (κ1) is 14.9. The number of hydrogen-bond acceptors (Lipinski definition) is 2. The van der Waals surface area contributed by atoms with Gasteiger partial charge in [-0.2, -0.15) is 0 Å². The molecule has 0 radical (unpaired) electrons. The van der Waals surface area contributed by atoms with Crippen LogP contribution in [0.25, 0.3) is 0 Å². The number of rotatable bonds is 4. The van der Waals surface area contributed by atoms with E-state index in [-0.39, 0.29) is 11.6 Å². The maximum absolute atomic E-state index is 13.4. The van der Waals surface area contributed by atoms with Gasteiger partial charge in [-0.15, -0.1) is 0 Å². The first-order valence-electron chi connectivity index (χ1n) is 8.06. The van der Waals surface area contributed by atoms with Crippen LogP contribution in [0.4, 0.5) is 8.78 Å². The Morgan fingerprint density at radius 3 is 2.33 bits per heavy atom. The van der Waals surface area contributed by atoms with E-state index in [9.17, 15) is 8.78 Å². The highest BCUT2D eigenvalue weighted by molar-refractivity contribution is 5.20. The van der Waals surface area contributed by atoms with E-state index in [1.807, 2.05) is 0 Å². The molecule has 1 saturated heterocycles. The van der Waals surface area contributed by atoms with Crippen molar-refractivity contribution in [3.63, 3.8) is 0 Å². The van der Waals surface area contributed by atoms with Crippen molar-refractivity contribution in [2.45, 2.75) is 56.5 Å². The number of nitrogens with two attached hydrogens (primary N) is 1. The Labute approximate surface area is 125 Å². The van der Waals surface area contributed by atoms with Gasteiger partial charge in [0.15, 0.2) is 11.6 Å². The zero-order valence-corrected chi connectivity index (χ0v) is 12.5. The summed E-state index contributed by atoms with van der Waals surface area (Å²) in [7, 11) is 0. The Hall–Kier alpha value is -1.00. The van der Waals surface area contributed by atoms with Crippen LogP contribution in [-0.2, 0) is 6.42 Å². The predicted molar refractivity (Wildman–Crippen MR) is 80.0 cm³/mol. The van der Waals surface area contributed by atoms with E-state index in [2.05, 4.69) is 4.90 Å². The second-order valence-corrected chi connectivity index (χ2v) is 6.56. The third kappa shape index (κ3) is 2.84. The van der Waals surface area contributed by atoms with E-state index in [4.69, 9.17) is 5.73 Å². The molecule has 1 unspecified atom stereocenters. The summed E-state index contributed by atoms with van der Waals surface area (Å²) in [6, 6.07) is 4.14. The van der Waals surface area contributed by atoms with Crippen molar-refractivity contribution in [3.8, 4) is 0 Å². The van der Waals surface area contributed by atoms with Crippen LogP contribution in [0.1, 0.15) is 44.1 Å². The second-order valence-electron chi connectivity index (χ2n) is 6.56. The van der Waals surface area contributed by atoms with E-state index in [0.717, 1.165) is 31.5 Å². The molecule has 3 rings (SSSR count). The van der Waals surface area contributed by atoms with Gasteiger partial charge >= 0.3 is 0 Å². The molecular weight excluding hydrogens is 270 g/mol. The lowest BCUT2D eigenvalue weighted by atomic mass is 9.83. The summed E-state index contributed by atoms with van der Waals surface area (Å²) in [4.78, 5) is 2.56. The summed E-state index contributed by atoms with van der Waals surface area (Å²) < 4.78 is 26.4. The molecule has 1 aliphatic carbocycles. The van der Waals surface area contributed by atoms with E-state index in [1.54, 1.807) is 6.07 Å². The van der Waals surface area contributed by atoms with Gasteiger partial charge in [-0.05, 0) is 62.9 Å². The normalized spacial score (nSPS) is 23.6. The molecule has 1 aromatic rings. The smallest absolute Gasteiger partial charge is 0.159 e. The highest BCUT2D eigenvalue weighted by Crippen LogP contribution is 2.40. The minimum absolute atomic E-state index is 0.0111. The zero-order chi connectivity index (χ0) is 14.9. The topological polar surface area (TPSA) is 29.3 Å². The molecule has 1 aromatic carbocycles. The molecule has 0 bridgehead atoms. The van der Waals surface area contributed by atoms with Crippen LogP contribution < -0.4 is 5.73 Å². The lowest BCUT2D eigenvalue weighted by Gasteiger charge is -2.43. The molecule has 1 heterocycles. The van der Waals surface area contributed by atoms with Crippen molar-refractivity contribution in [2.75, 3.05) is 13.1 Å². The van der Waals surface area contributed by atoms with Crippen LogP contribution in [0.3, 0.4) is 0 Å². The molecule has 0 aromatic heterocycles. The van der Waals surface area contributed by atoms with E-state index in [0.29, 0.717) is 6.42 Å². The van der Waals surface area contributed by atoms with Gasteiger partial charge < -0.3 is 5.73 Å². The fraction of sp³-hybridized carbons (Fsp3) is 0.647. The van der Waals surface area contributed by atoms with E-state index in [1.165, 1.54) is 37.8 Å². The largest absolute Gasteiger partial charge is 0.326 e. The summed E-state index contributed by atoms with van der Waals surface area (Å²) in [5, 5.41) is 0. The van der Waals surface area contributed by atoms with Crippen molar-refractivity contribution >= 4 is 0 Å². The molecule has 1 saturated carbocycles. The standard InChI is InChI=1S/C17H24F2N2/c18-14-6-5-13(11-15(14)19)12-16(20)17(7-1-2-8-17)21-9-3-4-10-21/h5-6,11,16H,1-4,7-10,12,20H2. The molecule has 0 amide bonds. The summed E-state index contributed by atoms with van der Waals surface area (Å²) in [5.74, 6) is -1.57. The quantitative estimate of drug-likeness (QED) is 0.923. The highest BCUT2D eigenvalue weighted by Gasteiger charge is 2.44. The molecule has 1 atom stereocenters. The molecule has 1 aliphatic heterocycles. The van der Waals surface area contributed by atoms with Crippen LogP contribution in [0.2, 0.25) is 0 Å². The van der Waals surface area contributed by atoms with Crippen molar-refractivity contribution in [2.24, 2.45) is 5.73 Å². The summed E-state index contributed by atoms with van der Waals surface area (Å²) in [6.45, 7) is 2.26. The minimum Gasteiger partial charge on any atom is -0.326 e. The Balaban J connectivity index is 1.77. The van der Waals surface area contributed by atoms with Crippen molar-refractivity contribution in [1.29, 1.82) is 0 Å². The predicted octanol–water partition coefficient (Wildman–Crippen LogP) is 3.24. The second kappa shape index (κ2) is 6.01. The van der Waals surface area contributed by atoms with Crippen LogP contribution in [0.15, 0.2) is 18.2 Å². The lowest BCUT2D eigenvalue weighted by molar-refractivity contribution is 0.0921. The van der Waals surface area contributed by atoms with Crippen LogP contribution in [0.5, 0.6) is 0 Å². The number of hydrogen-bond donors (Lipinski definition) is 1. The molecule has 21 heavy (non-hydrogen) atoms. The Morgan fingerprint density at radius 1 is 1.05 bits per heavy atom. The van der Waals surface area contributed by atoms with E-state index < -0.39 is 11.6 Å². The molecule has 4 heteroatoms. The molecule has 116 valence electrons. The number of benzene rings is 1. The third-order valence-electron chi connectivity index (χ3n) is 5.34. The van der Waals surface area contributed by atoms with E-state index >= 15 is 0 Å². The SMILES string of the molecule is NC(Cc1ccc(F)c(F)c1)C1(N2CCCC2)CCCC1. The molecule has 2 fully saturated rings. The van der Waals surface area contributed by atoms with Gasteiger partial charge in [0, 0.05) is 11.6 Å². The summed E-state index contributed by atoms with van der Waals surface area (Å²) in [6.07, 6.45) is 7.84. The van der Waals surface area contributed by atoms with Crippen molar-refractivity contribution < 1.29 is 8.78 Å². The number of likely N-dealkylation sites (tertiary alicyclic amines) is 1. The highest BCUT2D eigenvalue weighted by atomic mass is 19.2. The molecule has 2 aliphatic rings. The zero-order valence-electron chi connectivity index (χ0n) is 12.5. The molecular formula is C17H24F2N2. The van der Waals surface area contributed by atoms with Crippen molar-refractivity contribution in [3.05, 3.63) is 35.4 Å². The van der Waals surface area contributed by atoms with Gasteiger partial charge in [-0.25, -0.2) is 8.78 Å². The molecule has 2 N–H and O–H groups in total. The Morgan fingerprint density at radius 2 is 1.71 bits per heavy atom. The fourth-order valence-corrected chi connectivity index (χ4v) is 4.18. The van der Waals surface area contributed by atoms with Gasteiger partial charge in [-0.1, -0.05) is 18.9 Å². The summed E-state index contributed by atoms with van der Waals surface area (Å²) >= 11 is 0. The maximum atomic E-state index is 13.4. The Bertz CT molecular complexity index is 492. The first-order valence-corrected chi connectivity index (χ1v) is 8.06.